The van der Waals surface area contributed by atoms with Crippen LogP contribution in [0.15, 0.2) is 0 Å². The molecule has 19 heavy (non-hydrogen) atoms. The maximum Gasteiger partial charge on any atom is 0.355 e. The van der Waals surface area contributed by atoms with Crippen molar-refractivity contribution < 1.29 is 9.90 Å². The molecular formula is C13H21N3O2S. The first kappa shape index (κ1) is 14.3. The highest BCUT2D eigenvalue weighted by molar-refractivity contribution is 7.15. The molecule has 0 bridgehead atoms. The second kappa shape index (κ2) is 5.88. The minimum atomic E-state index is -0.931. The molecule has 0 aliphatic carbocycles. The van der Waals surface area contributed by atoms with E-state index in [9.17, 15) is 4.79 Å². The van der Waals surface area contributed by atoms with Gasteiger partial charge in [0.15, 0.2) is 10.8 Å². The first-order chi connectivity index (χ1) is 9.02. The van der Waals surface area contributed by atoms with Gasteiger partial charge in [-0.15, -0.1) is 11.3 Å². The van der Waals surface area contributed by atoms with E-state index in [1.807, 2.05) is 6.92 Å². The van der Waals surface area contributed by atoms with Crippen molar-refractivity contribution in [1.82, 2.24) is 9.88 Å². The largest absolute Gasteiger partial charge is 0.476 e. The number of carboxylic acids is 1. The van der Waals surface area contributed by atoms with Gasteiger partial charge in [0.1, 0.15) is 0 Å². The van der Waals surface area contributed by atoms with E-state index in [4.69, 9.17) is 5.11 Å². The van der Waals surface area contributed by atoms with E-state index in [1.165, 1.54) is 11.3 Å². The summed E-state index contributed by atoms with van der Waals surface area (Å²) in [6, 6.07) is 0.416. The van der Waals surface area contributed by atoms with Crippen molar-refractivity contribution in [3.8, 4) is 0 Å². The van der Waals surface area contributed by atoms with Gasteiger partial charge in [0.25, 0.3) is 0 Å². The van der Waals surface area contributed by atoms with Crippen molar-refractivity contribution in [2.45, 2.75) is 32.7 Å². The Kier molecular flexibility index (Phi) is 4.42. The summed E-state index contributed by atoms with van der Waals surface area (Å²) in [5, 5.41) is 9.97. The standard InChI is InChI=1S/C13H21N3O2S/c1-4-10-8-15(3)6-5-7-16(10)13-14-11(12(17)18)9(2)19-13/h10H,4-8H2,1-3H3,(H,17,18). The van der Waals surface area contributed by atoms with Crippen LogP contribution in [0.4, 0.5) is 5.13 Å². The summed E-state index contributed by atoms with van der Waals surface area (Å²) in [6.45, 7) is 7.06. The second-order valence-electron chi connectivity index (χ2n) is 5.08. The third-order valence-corrected chi connectivity index (χ3v) is 4.61. The smallest absolute Gasteiger partial charge is 0.355 e. The van der Waals surface area contributed by atoms with Crippen LogP contribution in [0.3, 0.4) is 0 Å². The molecule has 1 fully saturated rings. The first-order valence-electron chi connectivity index (χ1n) is 6.68. The van der Waals surface area contributed by atoms with Crippen LogP contribution in [0.2, 0.25) is 0 Å². The zero-order chi connectivity index (χ0) is 14.0. The van der Waals surface area contributed by atoms with Gasteiger partial charge < -0.3 is 14.9 Å². The lowest BCUT2D eigenvalue weighted by molar-refractivity contribution is 0.0690. The quantitative estimate of drug-likeness (QED) is 0.920. The van der Waals surface area contributed by atoms with Gasteiger partial charge in [0.2, 0.25) is 0 Å². The van der Waals surface area contributed by atoms with Gasteiger partial charge >= 0.3 is 5.97 Å². The Bertz CT molecular complexity index is 461. The number of anilines is 1. The van der Waals surface area contributed by atoms with Crippen molar-refractivity contribution in [3.05, 3.63) is 10.6 Å². The molecule has 1 N–H and O–H groups in total. The first-order valence-corrected chi connectivity index (χ1v) is 7.50. The summed E-state index contributed by atoms with van der Waals surface area (Å²) in [5.41, 5.74) is 0.201. The minimum Gasteiger partial charge on any atom is -0.476 e. The Labute approximate surface area is 117 Å². The number of hydrogen-bond donors (Lipinski definition) is 1. The number of likely N-dealkylation sites (N-methyl/N-ethyl adjacent to an activating group) is 1. The predicted molar refractivity (Wildman–Crippen MR) is 77.3 cm³/mol. The van der Waals surface area contributed by atoms with Crippen LogP contribution in [0.1, 0.15) is 35.1 Å². The molecule has 1 unspecified atom stereocenters. The molecule has 0 aromatic carbocycles. The highest BCUT2D eigenvalue weighted by Gasteiger charge is 2.26. The van der Waals surface area contributed by atoms with Gasteiger partial charge in [-0.05, 0) is 33.4 Å². The van der Waals surface area contributed by atoms with Gasteiger partial charge in [-0.2, -0.15) is 0 Å². The summed E-state index contributed by atoms with van der Waals surface area (Å²) in [7, 11) is 2.14. The van der Waals surface area contributed by atoms with Gasteiger partial charge in [-0.25, -0.2) is 9.78 Å². The van der Waals surface area contributed by atoms with Crippen LogP contribution < -0.4 is 4.90 Å². The molecule has 1 atom stereocenters. The second-order valence-corrected chi connectivity index (χ2v) is 6.26. The number of aryl methyl sites for hydroxylation is 1. The van der Waals surface area contributed by atoms with Crippen LogP contribution in [0.5, 0.6) is 0 Å². The Balaban J connectivity index is 2.27. The fourth-order valence-electron chi connectivity index (χ4n) is 2.55. The molecule has 1 aliphatic rings. The molecule has 106 valence electrons. The lowest BCUT2D eigenvalue weighted by atomic mass is 10.2. The highest BCUT2D eigenvalue weighted by Crippen LogP contribution is 2.29. The molecule has 6 heteroatoms. The van der Waals surface area contributed by atoms with Crippen LogP contribution in [0, 0.1) is 6.92 Å². The third-order valence-electron chi connectivity index (χ3n) is 3.61. The van der Waals surface area contributed by atoms with Crippen molar-refractivity contribution in [2.75, 3.05) is 31.6 Å². The lowest BCUT2D eigenvalue weighted by Gasteiger charge is -2.29. The molecule has 1 aromatic rings. The number of carboxylic acid groups (broad SMARTS) is 1. The summed E-state index contributed by atoms with van der Waals surface area (Å²) in [4.78, 5) is 20.8. The monoisotopic (exact) mass is 283 g/mol. The minimum absolute atomic E-state index is 0.201. The van der Waals surface area contributed by atoms with Crippen molar-refractivity contribution in [2.24, 2.45) is 0 Å². The Hall–Kier alpha value is -1.14. The van der Waals surface area contributed by atoms with E-state index < -0.39 is 5.97 Å². The molecule has 0 amide bonds. The molecule has 0 saturated carbocycles. The number of aromatic nitrogens is 1. The van der Waals surface area contributed by atoms with E-state index in [1.54, 1.807) is 0 Å². The van der Waals surface area contributed by atoms with E-state index >= 15 is 0 Å². The maximum absolute atomic E-state index is 11.1. The number of nitrogens with zero attached hydrogens (tertiary/aromatic N) is 3. The molecule has 2 rings (SSSR count). The number of carbonyl (C=O) groups is 1. The molecule has 1 aliphatic heterocycles. The molecular weight excluding hydrogens is 262 g/mol. The summed E-state index contributed by atoms with van der Waals surface area (Å²) < 4.78 is 0. The lowest BCUT2D eigenvalue weighted by Crippen LogP contribution is -2.39. The molecule has 0 spiro atoms. The maximum atomic E-state index is 11.1. The summed E-state index contributed by atoms with van der Waals surface area (Å²) in [5.74, 6) is -0.931. The van der Waals surface area contributed by atoms with E-state index in [0.29, 0.717) is 6.04 Å². The molecule has 0 radical (unpaired) electrons. The van der Waals surface area contributed by atoms with Gasteiger partial charge in [-0.1, -0.05) is 6.92 Å². The Morgan fingerprint density at radius 1 is 1.53 bits per heavy atom. The van der Waals surface area contributed by atoms with Crippen molar-refractivity contribution in [1.29, 1.82) is 0 Å². The average Bonchev–Trinajstić information content (AvgIpc) is 2.63. The van der Waals surface area contributed by atoms with E-state index in [0.717, 1.165) is 42.5 Å². The van der Waals surface area contributed by atoms with Gasteiger partial charge in [0, 0.05) is 24.0 Å². The number of thiazole rings is 1. The van der Waals surface area contributed by atoms with Gasteiger partial charge in [0.05, 0.1) is 0 Å². The van der Waals surface area contributed by atoms with Crippen LogP contribution in [0.25, 0.3) is 0 Å². The van der Waals surface area contributed by atoms with Crippen LogP contribution in [-0.4, -0.2) is 53.7 Å². The molecule has 1 saturated heterocycles. The summed E-state index contributed by atoms with van der Waals surface area (Å²) >= 11 is 1.49. The zero-order valence-electron chi connectivity index (χ0n) is 11.7. The van der Waals surface area contributed by atoms with E-state index in [2.05, 4.69) is 28.8 Å². The van der Waals surface area contributed by atoms with Crippen LogP contribution in [-0.2, 0) is 0 Å². The highest BCUT2D eigenvalue weighted by atomic mass is 32.1. The van der Waals surface area contributed by atoms with Crippen molar-refractivity contribution >= 4 is 22.4 Å². The van der Waals surface area contributed by atoms with Gasteiger partial charge in [-0.3, -0.25) is 0 Å². The summed E-state index contributed by atoms with van der Waals surface area (Å²) in [6.07, 6.45) is 2.14. The zero-order valence-corrected chi connectivity index (χ0v) is 12.5. The molecule has 1 aromatic heterocycles. The fraction of sp³-hybridized carbons (Fsp3) is 0.692. The van der Waals surface area contributed by atoms with Crippen LogP contribution >= 0.6 is 11.3 Å². The van der Waals surface area contributed by atoms with E-state index in [-0.39, 0.29) is 5.69 Å². The third kappa shape index (κ3) is 3.06. The normalized spacial score (nSPS) is 21.4. The Morgan fingerprint density at radius 3 is 2.84 bits per heavy atom. The topological polar surface area (TPSA) is 56.7 Å². The number of aromatic carboxylic acids is 1. The molecule has 2 heterocycles. The molecule has 5 nitrogen and oxygen atoms in total. The van der Waals surface area contributed by atoms with Crippen molar-refractivity contribution in [3.63, 3.8) is 0 Å². The number of rotatable bonds is 3. The Morgan fingerprint density at radius 2 is 2.26 bits per heavy atom. The average molecular weight is 283 g/mol. The fourth-order valence-corrected chi connectivity index (χ4v) is 3.55. The predicted octanol–water partition coefficient (Wildman–Crippen LogP) is 2.07. The SMILES string of the molecule is CCC1CN(C)CCCN1c1nc(C(=O)O)c(C)s1. The number of hydrogen-bond acceptors (Lipinski definition) is 5.